The van der Waals surface area contributed by atoms with E-state index in [0.717, 1.165) is 30.8 Å². The van der Waals surface area contributed by atoms with Crippen LogP contribution in [-0.4, -0.2) is 62.9 Å². The molecule has 1 aliphatic carbocycles. The summed E-state index contributed by atoms with van der Waals surface area (Å²) in [5.41, 5.74) is 0.926. The lowest BCUT2D eigenvalue weighted by atomic mass is 10.1. The molecule has 0 unspecified atom stereocenters. The Labute approximate surface area is 171 Å². The maximum atomic E-state index is 13.1. The van der Waals surface area contributed by atoms with Crippen LogP contribution in [0.25, 0.3) is 0 Å². The fourth-order valence-electron chi connectivity index (χ4n) is 4.34. The molecule has 1 N–H and O–H groups in total. The number of quaternary nitrogens is 1. The molecule has 1 amide bonds. The molecule has 29 heavy (non-hydrogen) atoms. The molecule has 1 saturated carbocycles. The lowest BCUT2D eigenvalue weighted by Gasteiger charge is -2.24. The number of nitrogens with one attached hydrogen (secondary N) is 1. The Kier molecular flexibility index (Phi) is 6.23. The summed E-state index contributed by atoms with van der Waals surface area (Å²) in [6.07, 6.45) is 3.70. The summed E-state index contributed by atoms with van der Waals surface area (Å²) in [4.78, 5) is 28.6. The number of amides is 1. The predicted molar refractivity (Wildman–Crippen MR) is 106 cm³/mol. The molecule has 2 aliphatic heterocycles. The number of benzene rings is 1. The minimum Gasteiger partial charge on any atom is -0.466 e. The second-order valence-corrected chi connectivity index (χ2v) is 8.27. The summed E-state index contributed by atoms with van der Waals surface area (Å²) >= 11 is 0. The number of carbonyl (C=O) groups is 2. The minimum atomic E-state index is -0.120. The number of likely N-dealkylation sites (tertiary alicyclic amines) is 1. The van der Waals surface area contributed by atoms with Gasteiger partial charge in [0.25, 0.3) is 0 Å². The monoisotopic (exact) mass is 403 g/mol. The number of ether oxygens (including phenoxy) is 3. The summed E-state index contributed by atoms with van der Waals surface area (Å²) in [5.74, 6) is 1.60. The third-order valence-electron chi connectivity index (χ3n) is 6.16. The average Bonchev–Trinajstić information content (AvgIpc) is 3.07. The van der Waals surface area contributed by atoms with E-state index in [1.807, 2.05) is 30.0 Å². The zero-order chi connectivity index (χ0) is 20.2. The van der Waals surface area contributed by atoms with Crippen molar-refractivity contribution >= 4 is 11.9 Å². The maximum absolute atomic E-state index is 13.1. The van der Waals surface area contributed by atoms with Gasteiger partial charge in [-0.2, -0.15) is 0 Å². The Morgan fingerprint density at radius 1 is 1.21 bits per heavy atom. The molecular formula is C22H31N2O5+. The first-order valence-corrected chi connectivity index (χ1v) is 10.8. The van der Waals surface area contributed by atoms with Crippen LogP contribution in [0.5, 0.6) is 11.5 Å². The largest absolute Gasteiger partial charge is 0.466 e. The van der Waals surface area contributed by atoms with Crippen molar-refractivity contribution in [1.82, 2.24) is 4.90 Å². The molecule has 1 saturated heterocycles. The summed E-state index contributed by atoms with van der Waals surface area (Å²) in [6.45, 7) is 7.21. The number of carbonyl (C=O) groups excluding carboxylic acids is 2. The van der Waals surface area contributed by atoms with Crippen molar-refractivity contribution < 1.29 is 28.7 Å². The van der Waals surface area contributed by atoms with Gasteiger partial charge in [-0.1, -0.05) is 6.07 Å². The maximum Gasteiger partial charge on any atom is 0.309 e. The molecule has 0 radical (unpaired) electrons. The van der Waals surface area contributed by atoms with E-state index in [0.29, 0.717) is 25.3 Å². The Bertz CT molecular complexity index is 747. The summed E-state index contributed by atoms with van der Waals surface area (Å²) < 4.78 is 15.9. The summed E-state index contributed by atoms with van der Waals surface area (Å²) in [5, 5.41) is 0. The van der Waals surface area contributed by atoms with E-state index < -0.39 is 0 Å². The number of hydrogen-bond donors (Lipinski definition) is 1. The molecule has 0 spiro atoms. The second-order valence-electron chi connectivity index (χ2n) is 8.27. The zero-order valence-electron chi connectivity index (χ0n) is 17.2. The highest BCUT2D eigenvalue weighted by molar-refractivity contribution is 5.80. The van der Waals surface area contributed by atoms with Crippen molar-refractivity contribution in [3.05, 3.63) is 23.8 Å². The van der Waals surface area contributed by atoms with Gasteiger partial charge in [0.1, 0.15) is 0 Å². The third-order valence-corrected chi connectivity index (χ3v) is 6.16. The number of hydrogen-bond acceptors (Lipinski definition) is 5. The molecule has 2 fully saturated rings. The second kappa shape index (κ2) is 9.03. The molecule has 3 aliphatic rings. The first kappa shape index (κ1) is 20.0. The van der Waals surface area contributed by atoms with E-state index in [2.05, 4.69) is 0 Å². The summed E-state index contributed by atoms with van der Waals surface area (Å²) in [7, 11) is 0. The van der Waals surface area contributed by atoms with Crippen LogP contribution in [0.2, 0.25) is 0 Å². The van der Waals surface area contributed by atoms with E-state index in [1.54, 1.807) is 4.90 Å². The first-order valence-electron chi connectivity index (χ1n) is 10.8. The van der Waals surface area contributed by atoms with Crippen LogP contribution >= 0.6 is 0 Å². The van der Waals surface area contributed by atoms with E-state index in [4.69, 9.17) is 14.2 Å². The van der Waals surface area contributed by atoms with Gasteiger partial charge in [0.15, 0.2) is 11.5 Å². The molecule has 7 nitrogen and oxygen atoms in total. The van der Waals surface area contributed by atoms with E-state index in [-0.39, 0.29) is 30.5 Å². The van der Waals surface area contributed by atoms with E-state index >= 15 is 0 Å². The topological polar surface area (TPSA) is 69.5 Å². The van der Waals surface area contributed by atoms with Crippen molar-refractivity contribution in [3.63, 3.8) is 0 Å². The molecule has 0 bridgehead atoms. The Morgan fingerprint density at radius 3 is 2.79 bits per heavy atom. The minimum absolute atomic E-state index is 0.0464. The van der Waals surface area contributed by atoms with Crippen molar-refractivity contribution in [1.29, 1.82) is 0 Å². The molecule has 158 valence electrons. The van der Waals surface area contributed by atoms with Gasteiger partial charge < -0.3 is 24.0 Å². The van der Waals surface area contributed by atoms with Gasteiger partial charge in [0.2, 0.25) is 12.7 Å². The van der Waals surface area contributed by atoms with Crippen LogP contribution in [0.3, 0.4) is 0 Å². The Morgan fingerprint density at radius 2 is 2.00 bits per heavy atom. The quantitative estimate of drug-likeness (QED) is 0.614. The fraction of sp³-hybridized carbons (Fsp3) is 0.636. The van der Waals surface area contributed by atoms with E-state index in [1.165, 1.54) is 25.9 Å². The highest BCUT2D eigenvalue weighted by Gasteiger charge is 2.45. The van der Waals surface area contributed by atoms with Crippen molar-refractivity contribution in [2.75, 3.05) is 46.1 Å². The zero-order valence-corrected chi connectivity index (χ0v) is 17.2. The number of nitrogens with zero attached hydrogens (tertiary/aromatic N) is 1. The van der Waals surface area contributed by atoms with Crippen LogP contribution in [0.1, 0.15) is 31.7 Å². The first-order chi connectivity index (χ1) is 14.1. The van der Waals surface area contributed by atoms with Crippen molar-refractivity contribution in [3.8, 4) is 11.5 Å². The normalized spacial score (nSPS) is 22.5. The fourth-order valence-corrected chi connectivity index (χ4v) is 4.34. The van der Waals surface area contributed by atoms with E-state index in [9.17, 15) is 9.59 Å². The molecule has 7 heteroatoms. The summed E-state index contributed by atoms with van der Waals surface area (Å²) in [6, 6.07) is 5.68. The highest BCUT2D eigenvalue weighted by atomic mass is 16.7. The standard InChI is InChI=1S/C22H30N2O5/c1-2-27-22(26)18-13-17(18)14-24(10-9-23-7-3-4-8-23)21(25)12-16-5-6-19-20(11-16)29-15-28-19/h5-6,11,17-18H,2-4,7-10,12-15H2,1H3/p+1/t17-,18+/m0/s1. The van der Waals surface area contributed by atoms with Gasteiger partial charge in [-0.3, -0.25) is 9.59 Å². The van der Waals surface area contributed by atoms with Crippen LogP contribution < -0.4 is 14.4 Å². The smallest absolute Gasteiger partial charge is 0.309 e. The van der Waals surface area contributed by atoms with Gasteiger partial charge in [0.05, 0.1) is 45.1 Å². The molecule has 1 aromatic carbocycles. The van der Waals surface area contributed by atoms with Gasteiger partial charge in [-0.05, 0) is 37.0 Å². The molecule has 1 aromatic rings. The SMILES string of the molecule is CCOC(=O)[C@@H]1C[C@H]1CN(CC[NH+]1CCCC1)C(=O)Cc1ccc2c(c1)OCO2. The van der Waals surface area contributed by atoms with Crippen LogP contribution in [0.4, 0.5) is 0 Å². The van der Waals surface area contributed by atoms with Crippen molar-refractivity contribution in [2.24, 2.45) is 11.8 Å². The van der Waals surface area contributed by atoms with Crippen LogP contribution in [0, 0.1) is 11.8 Å². The molecule has 0 aromatic heterocycles. The number of rotatable bonds is 9. The lowest BCUT2D eigenvalue weighted by Crippen LogP contribution is -3.10. The number of esters is 1. The van der Waals surface area contributed by atoms with Gasteiger partial charge in [-0.25, -0.2) is 0 Å². The predicted octanol–water partition coefficient (Wildman–Crippen LogP) is 0.664. The van der Waals surface area contributed by atoms with Gasteiger partial charge in [0, 0.05) is 19.4 Å². The average molecular weight is 403 g/mol. The molecular weight excluding hydrogens is 372 g/mol. The third kappa shape index (κ3) is 5.01. The molecule has 2 heterocycles. The Balaban J connectivity index is 1.37. The highest BCUT2D eigenvalue weighted by Crippen LogP contribution is 2.40. The molecule has 2 atom stereocenters. The van der Waals surface area contributed by atoms with Crippen LogP contribution in [-0.2, 0) is 20.7 Å². The number of fused-ring (bicyclic) bond motifs is 1. The van der Waals surface area contributed by atoms with Crippen molar-refractivity contribution in [2.45, 2.75) is 32.6 Å². The van der Waals surface area contributed by atoms with Crippen LogP contribution in [0.15, 0.2) is 18.2 Å². The van der Waals surface area contributed by atoms with Gasteiger partial charge >= 0.3 is 5.97 Å². The van der Waals surface area contributed by atoms with Gasteiger partial charge in [-0.15, -0.1) is 0 Å². The Hall–Kier alpha value is -2.28. The molecule has 4 rings (SSSR count). The lowest BCUT2D eigenvalue weighted by molar-refractivity contribution is -0.886.